The molecule has 0 aromatic carbocycles. The molecule has 13 heavy (non-hydrogen) atoms. The molecular weight excluding hydrogens is 172 g/mol. The standard InChI is InChI=1S/C3HN3O.C3H9N3/c4-1-3(2-5)6-7;1-6(2)3(4)5/h3H;1-2H3,(H3,4,5). The van der Waals surface area contributed by atoms with E-state index in [2.05, 4.69) is 5.18 Å². The number of hydrogen-bond donors (Lipinski definition) is 2. The van der Waals surface area contributed by atoms with Gasteiger partial charge in [-0.1, -0.05) is 0 Å². The van der Waals surface area contributed by atoms with E-state index in [4.69, 9.17) is 21.7 Å². The molecule has 7 nitrogen and oxygen atoms in total. The van der Waals surface area contributed by atoms with Gasteiger partial charge in [0.2, 0.25) is 0 Å². The Balaban J connectivity index is 0. The third kappa shape index (κ3) is 9.85. The summed E-state index contributed by atoms with van der Waals surface area (Å²) in [7, 11) is 3.45. The molecule has 0 rings (SSSR count). The third-order valence-electron chi connectivity index (χ3n) is 0.832. The fraction of sp³-hybridized carbons (Fsp3) is 0.500. The minimum absolute atomic E-state index is 0.0926. The van der Waals surface area contributed by atoms with Crippen LogP contribution in [0.1, 0.15) is 0 Å². The van der Waals surface area contributed by atoms with Crippen molar-refractivity contribution in [2.24, 2.45) is 10.9 Å². The summed E-state index contributed by atoms with van der Waals surface area (Å²) in [6.07, 6.45) is 0. The van der Waals surface area contributed by atoms with E-state index in [0.717, 1.165) is 0 Å². The molecule has 0 spiro atoms. The van der Waals surface area contributed by atoms with E-state index in [1.54, 1.807) is 14.1 Å². The first-order valence-electron chi connectivity index (χ1n) is 3.12. The fourth-order valence-electron chi connectivity index (χ4n) is 0.0760. The van der Waals surface area contributed by atoms with Gasteiger partial charge >= 0.3 is 0 Å². The first-order valence-corrected chi connectivity index (χ1v) is 3.12. The van der Waals surface area contributed by atoms with Crippen LogP contribution in [0.25, 0.3) is 0 Å². The molecule has 0 saturated heterocycles. The number of hydrogen-bond acceptors (Lipinski definition) is 5. The smallest absolute Gasteiger partial charge is 0.262 e. The zero-order valence-corrected chi connectivity index (χ0v) is 7.35. The van der Waals surface area contributed by atoms with E-state index >= 15 is 0 Å². The van der Waals surface area contributed by atoms with Crippen LogP contribution in [0.2, 0.25) is 0 Å². The number of nitriles is 2. The van der Waals surface area contributed by atoms with E-state index < -0.39 is 6.04 Å². The number of rotatable bonds is 1. The molecule has 7 heteroatoms. The van der Waals surface area contributed by atoms with E-state index in [-0.39, 0.29) is 5.96 Å². The molecule has 0 bridgehead atoms. The maximum absolute atomic E-state index is 9.27. The lowest BCUT2D eigenvalue weighted by Crippen LogP contribution is -2.28. The first-order chi connectivity index (χ1) is 5.99. The molecule has 0 aliphatic rings. The molecule has 70 valence electrons. The summed E-state index contributed by atoms with van der Waals surface area (Å²) in [5.74, 6) is 0.0926. The molecule has 0 aromatic heterocycles. The second-order valence-electron chi connectivity index (χ2n) is 2.05. The van der Waals surface area contributed by atoms with Crippen LogP contribution in [-0.4, -0.2) is 31.0 Å². The lowest BCUT2D eigenvalue weighted by Gasteiger charge is -2.05. The van der Waals surface area contributed by atoms with Gasteiger partial charge in [0.15, 0.2) is 5.96 Å². The molecule has 0 aliphatic heterocycles. The van der Waals surface area contributed by atoms with Gasteiger partial charge in [-0.3, -0.25) is 5.41 Å². The van der Waals surface area contributed by atoms with Gasteiger partial charge in [-0.25, -0.2) is 0 Å². The Hall–Kier alpha value is -2.15. The summed E-state index contributed by atoms with van der Waals surface area (Å²) in [6.45, 7) is 0. The minimum Gasteiger partial charge on any atom is -0.370 e. The fourth-order valence-corrected chi connectivity index (χ4v) is 0.0760. The summed E-state index contributed by atoms with van der Waals surface area (Å²) in [5.41, 5.74) is 4.94. The highest BCUT2D eigenvalue weighted by atomic mass is 16.3. The van der Waals surface area contributed by atoms with Gasteiger partial charge in [-0.15, -0.1) is 4.91 Å². The van der Waals surface area contributed by atoms with Crippen molar-refractivity contribution in [2.75, 3.05) is 14.1 Å². The molecule has 0 atom stereocenters. The Labute approximate surface area is 75.8 Å². The molecular formula is C6H10N6O. The van der Waals surface area contributed by atoms with Crippen molar-refractivity contribution in [3.8, 4) is 12.1 Å². The van der Waals surface area contributed by atoms with Crippen LogP contribution in [0.15, 0.2) is 5.18 Å². The van der Waals surface area contributed by atoms with Crippen LogP contribution < -0.4 is 5.73 Å². The zero-order chi connectivity index (χ0) is 10.9. The number of nitroso groups, excluding NO2 is 1. The molecule has 0 amide bonds. The second kappa shape index (κ2) is 7.95. The van der Waals surface area contributed by atoms with Crippen LogP contribution in [0.5, 0.6) is 0 Å². The maximum Gasteiger partial charge on any atom is 0.262 e. The van der Waals surface area contributed by atoms with E-state index in [0.29, 0.717) is 0 Å². The van der Waals surface area contributed by atoms with Crippen molar-refractivity contribution < 1.29 is 0 Å². The van der Waals surface area contributed by atoms with Gasteiger partial charge in [0.05, 0.1) is 0 Å². The van der Waals surface area contributed by atoms with Gasteiger partial charge in [0, 0.05) is 14.1 Å². The Morgan fingerprint density at radius 2 is 1.85 bits per heavy atom. The number of nitrogens with two attached hydrogens (primary N) is 1. The monoisotopic (exact) mass is 182 g/mol. The van der Waals surface area contributed by atoms with Crippen LogP contribution in [-0.2, 0) is 0 Å². The van der Waals surface area contributed by atoms with Crippen molar-refractivity contribution in [3.63, 3.8) is 0 Å². The van der Waals surface area contributed by atoms with Crippen molar-refractivity contribution in [3.05, 3.63) is 4.91 Å². The van der Waals surface area contributed by atoms with Crippen molar-refractivity contribution in [2.45, 2.75) is 6.04 Å². The quantitative estimate of drug-likeness (QED) is 0.324. The van der Waals surface area contributed by atoms with Crippen LogP contribution >= 0.6 is 0 Å². The first kappa shape index (κ1) is 13.4. The molecule has 0 fully saturated rings. The van der Waals surface area contributed by atoms with Crippen LogP contribution in [0, 0.1) is 33.0 Å². The minimum atomic E-state index is -1.33. The van der Waals surface area contributed by atoms with Gasteiger partial charge < -0.3 is 10.6 Å². The third-order valence-corrected chi connectivity index (χ3v) is 0.832. The average molecular weight is 182 g/mol. The lowest BCUT2D eigenvalue weighted by molar-refractivity contribution is 0.609. The van der Waals surface area contributed by atoms with Crippen molar-refractivity contribution in [1.82, 2.24) is 4.90 Å². The molecule has 0 aliphatic carbocycles. The number of nitrogens with zero attached hydrogens (tertiary/aromatic N) is 4. The SMILES string of the molecule is CN(C)C(=N)N.N#CC(C#N)N=O. The second-order valence-corrected chi connectivity index (χ2v) is 2.05. The summed E-state index contributed by atoms with van der Waals surface area (Å²) < 4.78 is 0. The molecule has 0 radical (unpaired) electrons. The van der Waals surface area contributed by atoms with Gasteiger partial charge in [0.1, 0.15) is 12.1 Å². The highest BCUT2D eigenvalue weighted by Crippen LogP contribution is 1.80. The summed E-state index contributed by atoms with van der Waals surface area (Å²) in [4.78, 5) is 10.8. The predicted octanol–water partition coefficient (Wildman–Crippen LogP) is -0.390. The van der Waals surface area contributed by atoms with Crippen molar-refractivity contribution >= 4 is 5.96 Å². The van der Waals surface area contributed by atoms with Gasteiger partial charge in [-0.05, 0) is 5.18 Å². The van der Waals surface area contributed by atoms with Gasteiger partial charge in [-0.2, -0.15) is 10.5 Å². The topological polar surface area (TPSA) is 130 Å². The zero-order valence-electron chi connectivity index (χ0n) is 7.35. The van der Waals surface area contributed by atoms with Crippen LogP contribution in [0.4, 0.5) is 0 Å². The van der Waals surface area contributed by atoms with Crippen molar-refractivity contribution in [1.29, 1.82) is 15.9 Å². The summed E-state index contributed by atoms with van der Waals surface area (Å²) >= 11 is 0. The predicted molar refractivity (Wildman–Crippen MR) is 46.4 cm³/mol. The molecule has 3 N–H and O–H groups in total. The molecule has 0 unspecified atom stereocenters. The summed E-state index contributed by atoms with van der Waals surface area (Å²) in [5, 5.41) is 24.3. The molecule has 0 aromatic rings. The number of nitrogens with one attached hydrogen (secondary N) is 1. The molecule has 0 heterocycles. The van der Waals surface area contributed by atoms with E-state index in [1.807, 2.05) is 0 Å². The van der Waals surface area contributed by atoms with E-state index in [1.165, 1.54) is 17.0 Å². The average Bonchev–Trinajstić information content (AvgIpc) is 2.08. The Morgan fingerprint density at radius 1 is 1.54 bits per heavy atom. The number of guanidine groups is 1. The highest BCUT2D eigenvalue weighted by Gasteiger charge is 1.99. The highest BCUT2D eigenvalue weighted by molar-refractivity contribution is 5.73. The summed E-state index contributed by atoms with van der Waals surface area (Å²) in [6, 6.07) is 1.39. The Bertz CT molecular complexity index is 233. The largest absolute Gasteiger partial charge is 0.370 e. The van der Waals surface area contributed by atoms with Crippen LogP contribution in [0.3, 0.4) is 0 Å². The normalized spacial score (nSPS) is 7.15. The maximum atomic E-state index is 9.27. The molecule has 0 saturated carbocycles. The Kier molecular flexibility index (Phi) is 8.22. The van der Waals surface area contributed by atoms with Gasteiger partial charge in [0.25, 0.3) is 6.04 Å². The van der Waals surface area contributed by atoms with E-state index in [9.17, 15) is 4.91 Å². The Morgan fingerprint density at radius 3 is 1.85 bits per heavy atom. The lowest BCUT2D eigenvalue weighted by atomic mass is 10.4.